The number of nitrogens with one attached hydrogen (secondary N) is 1. The number of carbonyl (C=O) groups excluding carboxylic acids is 1. The average molecular weight is 194 g/mol. The first-order valence-corrected chi connectivity index (χ1v) is 4.52. The van der Waals surface area contributed by atoms with Gasteiger partial charge in [0.15, 0.2) is 5.69 Å². The van der Waals surface area contributed by atoms with Crippen LogP contribution < -0.4 is 11.1 Å². The van der Waals surface area contributed by atoms with Crippen molar-refractivity contribution in [2.45, 2.75) is 13.3 Å². The first kappa shape index (κ1) is 10.6. The maximum absolute atomic E-state index is 11.4. The lowest BCUT2D eigenvalue weighted by atomic mass is 10.3. The van der Waals surface area contributed by atoms with E-state index in [-0.39, 0.29) is 5.91 Å². The summed E-state index contributed by atoms with van der Waals surface area (Å²) >= 11 is 0. The maximum Gasteiger partial charge on any atom is 0.271 e. The van der Waals surface area contributed by atoms with Crippen LogP contribution in [0.25, 0.3) is 0 Å². The number of hydrogen-bond acceptors (Lipinski definition) is 4. The Morgan fingerprint density at radius 2 is 2.29 bits per heavy atom. The van der Waals surface area contributed by atoms with Gasteiger partial charge in [0.2, 0.25) is 0 Å². The number of rotatable bonds is 4. The summed E-state index contributed by atoms with van der Waals surface area (Å²) in [5, 5.41) is 10.3. The standard InChI is InChI=1S/C9H14N4O/c1-7-3-4-8(13-12-7)9(14)11-6-2-5-10/h3-4H,2,5-6,10H2,1H3,(H,11,14). The molecule has 1 amide bonds. The molecule has 76 valence electrons. The number of aromatic nitrogens is 2. The van der Waals surface area contributed by atoms with Gasteiger partial charge in [-0.3, -0.25) is 4.79 Å². The molecule has 1 aromatic heterocycles. The van der Waals surface area contributed by atoms with Crippen LogP contribution in [-0.4, -0.2) is 29.2 Å². The fourth-order valence-corrected chi connectivity index (χ4v) is 0.915. The van der Waals surface area contributed by atoms with Gasteiger partial charge in [0.05, 0.1) is 5.69 Å². The van der Waals surface area contributed by atoms with Crippen LogP contribution in [-0.2, 0) is 0 Å². The van der Waals surface area contributed by atoms with Gasteiger partial charge in [0.1, 0.15) is 0 Å². The molecule has 0 aliphatic rings. The van der Waals surface area contributed by atoms with E-state index in [0.717, 1.165) is 12.1 Å². The molecule has 0 spiro atoms. The molecule has 3 N–H and O–H groups in total. The zero-order valence-electron chi connectivity index (χ0n) is 8.16. The van der Waals surface area contributed by atoms with Gasteiger partial charge < -0.3 is 11.1 Å². The van der Waals surface area contributed by atoms with Gasteiger partial charge in [-0.1, -0.05) is 0 Å². The Balaban J connectivity index is 2.48. The van der Waals surface area contributed by atoms with Gasteiger partial charge in [0, 0.05) is 6.54 Å². The summed E-state index contributed by atoms with van der Waals surface area (Å²) in [5.74, 6) is -0.203. The Morgan fingerprint density at radius 1 is 1.50 bits per heavy atom. The minimum Gasteiger partial charge on any atom is -0.351 e. The van der Waals surface area contributed by atoms with Gasteiger partial charge in [-0.15, -0.1) is 5.10 Å². The highest BCUT2D eigenvalue weighted by Crippen LogP contribution is 1.94. The minimum absolute atomic E-state index is 0.203. The first-order valence-electron chi connectivity index (χ1n) is 4.52. The maximum atomic E-state index is 11.4. The second-order valence-corrected chi connectivity index (χ2v) is 2.96. The molecule has 0 aliphatic carbocycles. The molecule has 14 heavy (non-hydrogen) atoms. The lowest BCUT2D eigenvalue weighted by Gasteiger charge is -2.02. The third-order valence-corrected chi connectivity index (χ3v) is 1.70. The highest BCUT2D eigenvalue weighted by molar-refractivity contribution is 5.91. The summed E-state index contributed by atoms with van der Waals surface area (Å²) in [5.41, 5.74) is 6.43. The molecule has 1 rings (SSSR count). The minimum atomic E-state index is -0.203. The summed E-state index contributed by atoms with van der Waals surface area (Å²) in [6, 6.07) is 3.41. The molecule has 0 fully saturated rings. The largest absolute Gasteiger partial charge is 0.351 e. The molecular formula is C9H14N4O. The summed E-state index contributed by atoms with van der Waals surface area (Å²) in [6.07, 6.45) is 0.769. The van der Waals surface area contributed by atoms with Crippen molar-refractivity contribution in [2.24, 2.45) is 5.73 Å². The highest BCUT2D eigenvalue weighted by atomic mass is 16.1. The van der Waals surface area contributed by atoms with E-state index in [2.05, 4.69) is 15.5 Å². The normalized spacial score (nSPS) is 9.86. The van der Waals surface area contributed by atoms with Crippen molar-refractivity contribution < 1.29 is 4.79 Å². The molecule has 0 unspecified atom stereocenters. The molecular weight excluding hydrogens is 180 g/mol. The van der Waals surface area contributed by atoms with Crippen molar-refractivity contribution >= 4 is 5.91 Å². The summed E-state index contributed by atoms with van der Waals surface area (Å²) in [6.45, 7) is 2.97. The second-order valence-electron chi connectivity index (χ2n) is 2.96. The molecule has 1 heterocycles. The van der Waals surface area contributed by atoms with Crippen LogP contribution in [0.4, 0.5) is 0 Å². The van der Waals surface area contributed by atoms with E-state index in [9.17, 15) is 4.79 Å². The van der Waals surface area contributed by atoms with Crippen LogP contribution in [0.3, 0.4) is 0 Å². The number of hydrogen-bond donors (Lipinski definition) is 2. The molecule has 0 atom stereocenters. The van der Waals surface area contributed by atoms with Crippen molar-refractivity contribution in [3.05, 3.63) is 23.5 Å². The summed E-state index contributed by atoms with van der Waals surface area (Å²) in [7, 11) is 0. The summed E-state index contributed by atoms with van der Waals surface area (Å²) in [4.78, 5) is 11.4. The van der Waals surface area contributed by atoms with Crippen molar-refractivity contribution in [2.75, 3.05) is 13.1 Å². The van der Waals surface area contributed by atoms with Crippen LogP contribution >= 0.6 is 0 Å². The van der Waals surface area contributed by atoms with Gasteiger partial charge in [-0.2, -0.15) is 5.10 Å². The molecule has 0 aromatic carbocycles. The fourth-order valence-electron chi connectivity index (χ4n) is 0.915. The number of carbonyl (C=O) groups is 1. The lowest BCUT2D eigenvalue weighted by molar-refractivity contribution is 0.0947. The third-order valence-electron chi connectivity index (χ3n) is 1.70. The van der Waals surface area contributed by atoms with Crippen molar-refractivity contribution in [1.29, 1.82) is 0 Å². The van der Waals surface area contributed by atoms with E-state index in [1.807, 2.05) is 6.92 Å². The topological polar surface area (TPSA) is 80.9 Å². The molecule has 0 saturated carbocycles. The highest BCUT2D eigenvalue weighted by Gasteiger charge is 2.05. The van der Waals surface area contributed by atoms with Crippen LogP contribution in [0.5, 0.6) is 0 Å². The predicted molar refractivity (Wildman–Crippen MR) is 52.8 cm³/mol. The fraction of sp³-hybridized carbons (Fsp3) is 0.444. The molecule has 5 nitrogen and oxygen atoms in total. The quantitative estimate of drug-likeness (QED) is 0.654. The smallest absolute Gasteiger partial charge is 0.271 e. The van der Waals surface area contributed by atoms with E-state index < -0.39 is 0 Å². The van der Waals surface area contributed by atoms with Gasteiger partial charge in [-0.05, 0) is 32.0 Å². The molecule has 1 aromatic rings. The van der Waals surface area contributed by atoms with Gasteiger partial charge >= 0.3 is 0 Å². The Morgan fingerprint density at radius 3 is 2.86 bits per heavy atom. The number of amides is 1. The Hall–Kier alpha value is -1.49. The SMILES string of the molecule is Cc1ccc(C(=O)NCCCN)nn1. The zero-order valence-corrected chi connectivity index (χ0v) is 8.16. The lowest BCUT2D eigenvalue weighted by Crippen LogP contribution is -2.27. The Kier molecular flexibility index (Phi) is 4.00. The van der Waals surface area contributed by atoms with Crippen LogP contribution in [0.2, 0.25) is 0 Å². The zero-order chi connectivity index (χ0) is 10.4. The van der Waals surface area contributed by atoms with Crippen molar-refractivity contribution in [1.82, 2.24) is 15.5 Å². The van der Waals surface area contributed by atoms with Crippen LogP contribution in [0.1, 0.15) is 22.6 Å². The number of nitrogens with two attached hydrogens (primary N) is 1. The van der Waals surface area contributed by atoms with E-state index in [4.69, 9.17) is 5.73 Å². The van der Waals surface area contributed by atoms with Gasteiger partial charge in [0.25, 0.3) is 5.91 Å². The molecule has 0 aliphatic heterocycles. The van der Waals surface area contributed by atoms with E-state index >= 15 is 0 Å². The van der Waals surface area contributed by atoms with E-state index in [1.165, 1.54) is 0 Å². The monoisotopic (exact) mass is 194 g/mol. The second kappa shape index (κ2) is 5.29. The Bertz CT molecular complexity index is 296. The number of aryl methyl sites for hydroxylation is 1. The first-order chi connectivity index (χ1) is 6.74. The van der Waals surface area contributed by atoms with E-state index in [0.29, 0.717) is 18.8 Å². The van der Waals surface area contributed by atoms with Crippen LogP contribution in [0, 0.1) is 6.92 Å². The third kappa shape index (κ3) is 3.10. The molecule has 0 radical (unpaired) electrons. The summed E-state index contributed by atoms with van der Waals surface area (Å²) < 4.78 is 0. The number of nitrogens with zero attached hydrogens (tertiary/aromatic N) is 2. The predicted octanol–water partition coefficient (Wildman–Crippen LogP) is -0.136. The molecule has 0 bridgehead atoms. The molecule has 0 saturated heterocycles. The molecule has 5 heteroatoms. The van der Waals surface area contributed by atoms with Crippen molar-refractivity contribution in [3.8, 4) is 0 Å². The van der Waals surface area contributed by atoms with E-state index in [1.54, 1.807) is 12.1 Å². The van der Waals surface area contributed by atoms with Gasteiger partial charge in [-0.25, -0.2) is 0 Å². The Labute approximate surface area is 82.7 Å². The van der Waals surface area contributed by atoms with Crippen LogP contribution in [0.15, 0.2) is 12.1 Å². The van der Waals surface area contributed by atoms with Crippen molar-refractivity contribution in [3.63, 3.8) is 0 Å². The average Bonchev–Trinajstić information content (AvgIpc) is 2.19.